The van der Waals surface area contributed by atoms with Crippen molar-refractivity contribution in [2.45, 2.75) is 11.3 Å². The number of nitriles is 1. The molecule has 0 aliphatic rings. The minimum atomic E-state index is -3.89. The molecule has 0 saturated heterocycles. The molecule has 7 nitrogen and oxygen atoms in total. The molecule has 3 rings (SSSR count). The van der Waals surface area contributed by atoms with Gasteiger partial charge in [0.1, 0.15) is 16.7 Å². The lowest BCUT2D eigenvalue weighted by Crippen LogP contribution is -2.14. The van der Waals surface area contributed by atoms with Crippen molar-refractivity contribution in [2.24, 2.45) is 10.9 Å². The molecule has 0 aromatic heterocycles. The fourth-order valence-electron chi connectivity index (χ4n) is 2.80. The number of sulfonamides is 1. The van der Waals surface area contributed by atoms with Crippen molar-refractivity contribution in [1.82, 2.24) is 0 Å². The highest BCUT2D eigenvalue weighted by atomic mass is 32.2. The van der Waals surface area contributed by atoms with Gasteiger partial charge in [-0.15, -0.1) is 0 Å². The van der Waals surface area contributed by atoms with E-state index in [0.29, 0.717) is 24.5 Å². The van der Waals surface area contributed by atoms with Crippen LogP contribution in [0.5, 0.6) is 5.75 Å². The van der Waals surface area contributed by atoms with Crippen molar-refractivity contribution in [3.63, 3.8) is 0 Å². The van der Waals surface area contributed by atoms with Crippen molar-refractivity contribution in [3.8, 4) is 11.8 Å². The van der Waals surface area contributed by atoms with Gasteiger partial charge in [0.05, 0.1) is 24.1 Å². The molecule has 3 N–H and O–H groups in total. The maximum Gasteiger partial charge on any atom is 0.263 e. The van der Waals surface area contributed by atoms with Crippen molar-refractivity contribution < 1.29 is 13.2 Å². The first-order chi connectivity index (χ1) is 14.5. The number of benzene rings is 3. The molecule has 0 heterocycles. The highest BCUT2D eigenvalue weighted by Crippen LogP contribution is 2.22. The molecule has 0 bridgehead atoms. The number of nitrogens with one attached hydrogen (secondary N) is 1. The Morgan fingerprint density at radius 3 is 2.57 bits per heavy atom. The van der Waals surface area contributed by atoms with Gasteiger partial charge in [-0.2, -0.15) is 10.4 Å². The number of rotatable bonds is 8. The first kappa shape index (κ1) is 20.9. The summed E-state index contributed by atoms with van der Waals surface area (Å²) < 4.78 is 33.5. The summed E-state index contributed by atoms with van der Waals surface area (Å²) >= 11 is 0. The lowest BCUT2D eigenvalue weighted by Gasteiger charge is -2.11. The van der Waals surface area contributed by atoms with Gasteiger partial charge in [0.2, 0.25) is 0 Å². The van der Waals surface area contributed by atoms with Crippen molar-refractivity contribution in [3.05, 3.63) is 89.5 Å². The average molecular weight is 420 g/mol. The lowest BCUT2D eigenvalue weighted by atomic mass is 10.1. The zero-order chi connectivity index (χ0) is 21.4. The molecule has 0 unspecified atom stereocenters. The van der Waals surface area contributed by atoms with Gasteiger partial charge in [-0.05, 0) is 35.4 Å². The molecular weight excluding hydrogens is 400 g/mol. The second kappa shape index (κ2) is 9.58. The second-order valence-corrected chi connectivity index (χ2v) is 8.01. The number of anilines is 1. The molecule has 0 amide bonds. The number of hydrazone groups is 1. The van der Waals surface area contributed by atoms with Gasteiger partial charge in [-0.1, -0.05) is 42.5 Å². The number of nitrogens with two attached hydrogens (primary N) is 1. The molecule has 8 heteroatoms. The number of hydrogen-bond donors (Lipinski definition) is 2. The van der Waals surface area contributed by atoms with Crippen LogP contribution in [-0.4, -0.2) is 21.2 Å². The Morgan fingerprint density at radius 1 is 1.07 bits per heavy atom. The Kier molecular flexibility index (Phi) is 6.67. The summed E-state index contributed by atoms with van der Waals surface area (Å²) in [6.07, 6.45) is 2.26. The summed E-state index contributed by atoms with van der Waals surface area (Å²) in [6.45, 7) is 0.428. The average Bonchev–Trinajstić information content (AvgIpc) is 2.75. The van der Waals surface area contributed by atoms with E-state index in [1.807, 2.05) is 30.3 Å². The van der Waals surface area contributed by atoms with Crippen molar-refractivity contribution in [2.75, 3.05) is 11.3 Å². The number of nitrogens with zero attached hydrogens (tertiary/aromatic N) is 2. The third-order valence-corrected chi connectivity index (χ3v) is 5.69. The molecule has 0 aliphatic heterocycles. The van der Waals surface area contributed by atoms with E-state index in [9.17, 15) is 8.42 Å². The highest BCUT2D eigenvalue weighted by Gasteiger charge is 2.18. The van der Waals surface area contributed by atoms with Crippen LogP contribution in [0.15, 0.2) is 82.8 Å². The van der Waals surface area contributed by atoms with Gasteiger partial charge in [0.15, 0.2) is 0 Å². The zero-order valence-corrected chi connectivity index (χ0v) is 16.8. The van der Waals surface area contributed by atoms with E-state index in [1.54, 1.807) is 42.6 Å². The van der Waals surface area contributed by atoms with Gasteiger partial charge < -0.3 is 10.6 Å². The first-order valence-electron chi connectivity index (χ1n) is 9.09. The van der Waals surface area contributed by atoms with E-state index < -0.39 is 10.0 Å². The molecule has 0 radical (unpaired) electrons. The van der Waals surface area contributed by atoms with Gasteiger partial charge in [-0.3, -0.25) is 4.72 Å². The fourth-order valence-corrected chi connectivity index (χ4v) is 4.00. The van der Waals surface area contributed by atoms with Crippen LogP contribution in [0.3, 0.4) is 0 Å². The van der Waals surface area contributed by atoms with Gasteiger partial charge >= 0.3 is 0 Å². The summed E-state index contributed by atoms with van der Waals surface area (Å²) in [7, 11) is -3.89. The summed E-state index contributed by atoms with van der Waals surface area (Å²) in [5.74, 6) is 5.67. The normalized spacial score (nSPS) is 11.2. The van der Waals surface area contributed by atoms with Crippen LogP contribution in [0, 0.1) is 11.3 Å². The largest absolute Gasteiger partial charge is 0.493 e. The smallest absolute Gasteiger partial charge is 0.263 e. The third kappa shape index (κ3) is 5.37. The second-order valence-electron chi connectivity index (χ2n) is 6.36. The Labute approximate surface area is 175 Å². The van der Waals surface area contributed by atoms with Crippen molar-refractivity contribution in [1.29, 1.82) is 5.26 Å². The molecule has 0 spiro atoms. The van der Waals surface area contributed by atoms with Crippen LogP contribution in [0.1, 0.15) is 16.7 Å². The minimum Gasteiger partial charge on any atom is -0.493 e. The molecule has 0 atom stereocenters. The van der Waals surface area contributed by atoms with E-state index in [2.05, 4.69) is 9.82 Å². The summed E-state index contributed by atoms with van der Waals surface area (Å²) in [5.41, 5.74) is 2.45. The third-order valence-electron chi connectivity index (χ3n) is 4.25. The van der Waals surface area contributed by atoms with Gasteiger partial charge in [0, 0.05) is 12.5 Å². The number of ether oxygens (including phenoxy) is 1. The Balaban J connectivity index is 1.64. The van der Waals surface area contributed by atoms with E-state index >= 15 is 0 Å². The predicted octanol–water partition coefficient (Wildman–Crippen LogP) is 3.27. The first-order valence-corrected chi connectivity index (χ1v) is 10.6. The van der Waals surface area contributed by atoms with Crippen LogP contribution >= 0.6 is 0 Å². The fraction of sp³-hybridized carbons (Fsp3) is 0.0909. The molecule has 0 fully saturated rings. The van der Waals surface area contributed by atoms with Crippen LogP contribution in [0.4, 0.5) is 5.69 Å². The van der Waals surface area contributed by atoms with Crippen molar-refractivity contribution >= 4 is 21.9 Å². The van der Waals surface area contributed by atoms with E-state index in [4.69, 9.17) is 15.8 Å². The maximum atomic E-state index is 12.6. The maximum absolute atomic E-state index is 12.6. The van der Waals surface area contributed by atoms with Crippen LogP contribution in [-0.2, 0) is 16.4 Å². The lowest BCUT2D eigenvalue weighted by molar-refractivity contribution is 0.322. The molecule has 0 saturated carbocycles. The molecule has 30 heavy (non-hydrogen) atoms. The molecule has 152 valence electrons. The summed E-state index contributed by atoms with van der Waals surface area (Å²) in [5, 5.41) is 12.6. The SMILES string of the molecule is N#Cc1ccccc1S(=O)(=O)Nc1cccc(OCCc2ccc(/C=N\N)cc2)c1. The summed E-state index contributed by atoms with van der Waals surface area (Å²) in [4.78, 5) is -0.0676. The summed E-state index contributed by atoms with van der Waals surface area (Å²) in [6, 6.07) is 22.4. The van der Waals surface area contributed by atoms with Crippen LogP contribution in [0.25, 0.3) is 0 Å². The molecule has 3 aromatic carbocycles. The van der Waals surface area contributed by atoms with E-state index in [1.165, 1.54) is 12.1 Å². The van der Waals surface area contributed by atoms with Gasteiger partial charge in [0.25, 0.3) is 10.0 Å². The van der Waals surface area contributed by atoms with E-state index in [-0.39, 0.29) is 10.5 Å². The van der Waals surface area contributed by atoms with Crippen LogP contribution in [0.2, 0.25) is 0 Å². The Hall–Kier alpha value is -3.83. The predicted molar refractivity (Wildman–Crippen MR) is 116 cm³/mol. The Morgan fingerprint density at radius 2 is 1.83 bits per heavy atom. The quantitative estimate of drug-likeness (QED) is 0.329. The van der Waals surface area contributed by atoms with E-state index in [0.717, 1.165) is 11.1 Å². The standard InChI is InChI=1S/C22H20N4O3S/c23-15-19-4-1-2-7-22(19)30(27,28)26-20-5-3-6-21(14-20)29-13-12-17-8-10-18(11-9-17)16-25-24/h1-11,14,16,26H,12-13,24H2/b25-16-. The topological polar surface area (TPSA) is 118 Å². The molecular formula is C22H20N4O3S. The van der Waals surface area contributed by atoms with Gasteiger partial charge in [-0.25, -0.2) is 8.42 Å². The minimum absolute atomic E-state index is 0.0676. The zero-order valence-electron chi connectivity index (χ0n) is 16.0. The monoisotopic (exact) mass is 420 g/mol. The molecule has 3 aromatic rings. The highest BCUT2D eigenvalue weighted by molar-refractivity contribution is 7.92. The Bertz CT molecular complexity index is 1180. The molecule has 0 aliphatic carbocycles. The van der Waals surface area contributed by atoms with Crippen LogP contribution < -0.4 is 15.3 Å². The number of hydrogen-bond acceptors (Lipinski definition) is 6.